The number of fused-ring (bicyclic) bond motifs is 1. The Labute approximate surface area is 198 Å². The Morgan fingerprint density at radius 1 is 1.29 bits per heavy atom. The van der Waals surface area contributed by atoms with Crippen molar-refractivity contribution in [2.45, 2.75) is 52.3 Å². The molecule has 0 aliphatic carbocycles. The maximum Gasteiger partial charge on any atom is 0.320 e. The summed E-state index contributed by atoms with van der Waals surface area (Å²) < 4.78 is 11.2. The molecule has 0 saturated heterocycles. The standard InChI is InChI=1S/C25H27N5O4/c1-15(2)33-22-9-7-19(12-20(22)13-26)23-28-25(29-34-23)30-10-4-5-18-11-17(6-8-21(18)30)14-27-16(3)24(31)32/h6-9,11-12,15-16,27H,4-5,10,14H2,1-3H3,(H,31,32). The van der Waals surface area contributed by atoms with Crippen molar-refractivity contribution in [3.05, 3.63) is 53.1 Å². The Bertz CT molecular complexity index is 1230. The van der Waals surface area contributed by atoms with E-state index < -0.39 is 12.0 Å². The van der Waals surface area contributed by atoms with E-state index >= 15 is 0 Å². The second kappa shape index (κ2) is 9.93. The van der Waals surface area contributed by atoms with E-state index in [2.05, 4.69) is 27.6 Å². The minimum atomic E-state index is -0.874. The summed E-state index contributed by atoms with van der Waals surface area (Å²) in [4.78, 5) is 17.6. The van der Waals surface area contributed by atoms with E-state index in [0.29, 0.717) is 35.3 Å². The fraction of sp³-hybridized carbons (Fsp3) is 0.360. The molecule has 1 aliphatic heterocycles. The van der Waals surface area contributed by atoms with Crippen LogP contribution in [0.5, 0.6) is 5.75 Å². The van der Waals surface area contributed by atoms with Crippen molar-refractivity contribution in [2.24, 2.45) is 0 Å². The third kappa shape index (κ3) is 5.02. The quantitative estimate of drug-likeness (QED) is 0.511. The van der Waals surface area contributed by atoms with Gasteiger partial charge in [0.05, 0.1) is 11.7 Å². The zero-order valence-corrected chi connectivity index (χ0v) is 19.4. The lowest BCUT2D eigenvalue weighted by atomic mass is 9.99. The van der Waals surface area contributed by atoms with Crippen molar-refractivity contribution >= 4 is 17.6 Å². The van der Waals surface area contributed by atoms with Gasteiger partial charge in [-0.05, 0) is 74.2 Å². The number of benzene rings is 2. The highest BCUT2D eigenvalue weighted by molar-refractivity contribution is 5.72. The van der Waals surface area contributed by atoms with Gasteiger partial charge in [0.15, 0.2) is 0 Å². The van der Waals surface area contributed by atoms with Gasteiger partial charge >= 0.3 is 5.97 Å². The van der Waals surface area contributed by atoms with Gasteiger partial charge in [0.2, 0.25) is 0 Å². The van der Waals surface area contributed by atoms with E-state index in [-0.39, 0.29) is 6.10 Å². The van der Waals surface area contributed by atoms with E-state index in [0.717, 1.165) is 36.2 Å². The zero-order valence-electron chi connectivity index (χ0n) is 19.4. The molecule has 1 unspecified atom stereocenters. The Balaban J connectivity index is 1.55. The van der Waals surface area contributed by atoms with Crippen LogP contribution >= 0.6 is 0 Å². The van der Waals surface area contributed by atoms with Gasteiger partial charge in [-0.15, -0.1) is 0 Å². The number of nitrogens with zero attached hydrogens (tertiary/aromatic N) is 4. The Morgan fingerprint density at radius 3 is 2.85 bits per heavy atom. The van der Waals surface area contributed by atoms with Crippen molar-refractivity contribution in [1.82, 2.24) is 15.5 Å². The molecule has 176 valence electrons. The number of rotatable bonds is 8. The first-order chi connectivity index (χ1) is 16.4. The number of aromatic nitrogens is 2. The van der Waals surface area contributed by atoms with Crippen LogP contribution in [0, 0.1) is 11.3 Å². The predicted octanol–water partition coefficient (Wildman–Crippen LogP) is 4.04. The number of carboxylic acids is 1. The molecule has 1 aliphatic rings. The first-order valence-corrected chi connectivity index (χ1v) is 11.3. The number of hydrogen-bond donors (Lipinski definition) is 2. The number of aliphatic carboxylic acids is 1. The Hall–Kier alpha value is -3.90. The smallest absolute Gasteiger partial charge is 0.320 e. The van der Waals surface area contributed by atoms with Crippen LogP contribution in [0.1, 0.15) is 43.9 Å². The number of hydrogen-bond acceptors (Lipinski definition) is 8. The van der Waals surface area contributed by atoms with Crippen LogP contribution in [0.15, 0.2) is 40.9 Å². The number of aryl methyl sites for hydroxylation is 1. The van der Waals surface area contributed by atoms with Crippen molar-refractivity contribution in [3.63, 3.8) is 0 Å². The summed E-state index contributed by atoms with van der Waals surface area (Å²) >= 11 is 0. The van der Waals surface area contributed by atoms with Crippen LogP contribution < -0.4 is 15.0 Å². The third-order valence-corrected chi connectivity index (χ3v) is 5.61. The SMILES string of the molecule is CC(C)Oc1ccc(-c2nc(N3CCCc4cc(CNC(C)C(=O)O)ccc43)no2)cc1C#N. The average Bonchev–Trinajstić information content (AvgIpc) is 3.32. The lowest BCUT2D eigenvalue weighted by molar-refractivity contribution is -0.139. The Morgan fingerprint density at radius 2 is 2.12 bits per heavy atom. The molecule has 2 heterocycles. The van der Waals surface area contributed by atoms with Crippen molar-refractivity contribution in [2.75, 3.05) is 11.4 Å². The van der Waals surface area contributed by atoms with Gasteiger partial charge < -0.3 is 24.6 Å². The highest BCUT2D eigenvalue weighted by atomic mass is 16.5. The van der Waals surface area contributed by atoms with Gasteiger partial charge in [-0.1, -0.05) is 12.1 Å². The van der Waals surface area contributed by atoms with E-state index in [1.54, 1.807) is 25.1 Å². The number of ether oxygens (including phenoxy) is 1. The van der Waals surface area contributed by atoms with Gasteiger partial charge in [0, 0.05) is 24.3 Å². The topological polar surface area (TPSA) is 125 Å². The normalized spacial score (nSPS) is 13.9. The van der Waals surface area contributed by atoms with E-state index in [9.17, 15) is 10.1 Å². The summed E-state index contributed by atoms with van der Waals surface area (Å²) in [7, 11) is 0. The molecule has 34 heavy (non-hydrogen) atoms. The molecular weight excluding hydrogens is 434 g/mol. The van der Waals surface area contributed by atoms with Gasteiger partial charge in [-0.25, -0.2) is 0 Å². The summed E-state index contributed by atoms with van der Waals surface area (Å²) in [6.45, 7) is 6.67. The number of carbonyl (C=O) groups is 1. The molecule has 0 radical (unpaired) electrons. The molecule has 2 aromatic carbocycles. The molecular formula is C25H27N5O4. The lowest BCUT2D eigenvalue weighted by Crippen LogP contribution is -2.33. The van der Waals surface area contributed by atoms with E-state index in [1.807, 2.05) is 30.9 Å². The zero-order chi connectivity index (χ0) is 24.2. The number of anilines is 2. The van der Waals surface area contributed by atoms with Gasteiger partial charge in [-0.3, -0.25) is 4.79 Å². The van der Waals surface area contributed by atoms with Crippen LogP contribution in [-0.4, -0.2) is 39.9 Å². The van der Waals surface area contributed by atoms with Crippen LogP contribution in [0.2, 0.25) is 0 Å². The highest BCUT2D eigenvalue weighted by Gasteiger charge is 2.23. The molecule has 9 heteroatoms. The molecule has 0 bridgehead atoms. The molecule has 0 fully saturated rings. The summed E-state index contributed by atoms with van der Waals surface area (Å²) in [5, 5.41) is 25.8. The summed E-state index contributed by atoms with van der Waals surface area (Å²) in [5.74, 6) is 0.440. The van der Waals surface area contributed by atoms with Gasteiger partial charge in [-0.2, -0.15) is 10.2 Å². The van der Waals surface area contributed by atoms with Crippen molar-refractivity contribution in [3.8, 4) is 23.3 Å². The molecule has 1 atom stereocenters. The molecule has 4 rings (SSSR count). The lowest BCUT2D eigenvalue weighted by Gasteiger charge is -2.28. The van der Waals surface area contributed by atoms with Crippen LogP contribution in [0.3, 0.4) is 0 Å². The fourth-order valence-corrected chi connectivity index (χ4v) is 3.88. The first kappa shape index (κ1) is 23.3. The predicted molar refractivity (Wildman–Crippen MR) is 126 cm³/mol. The molecule has 9 nitrogen and oxygen atoms in total. The summed E-state index contributed by atoms with van der Waals surface area (Å²) in [5.41, 5.74) is 4.24. The monoisotopic (exact) mass is 461 g/mol. The van der Waals surface area contributed by atoms with Gasteiger partial charge in [0.25, 0.3) is 11.8 Å². The van der Waals surface area contributed by atoms with Crippen LogP contribution in [0.25, 0.3) is 11.5 Å². The minimum Gasteiger partial charge on any atom is -0.490 e. The third-order valence-electron chi connectivity index (χ3n) is 5.61. The fourth-order valence-electron chi connectivity index (χ4n) is 3.88. The van der Waals surface area contributed by atoms with E-state index in [1.165, 1.54) is 0 Å². The average molecular weight is 462 g/mol. The highest BCUT2D eigenvalue weighted by Crippen LogP contribution is 2.34. The van der Waals surface area contributed by atoms with Gasteiger partial charge in [0.1, 0.15) is 17.9 Å². The summed E-state index contributed by atoms with van der Waals surface area (Å²) in [6, 6.07) is 12.9. The first-order valence-electron chi connectivity index (χ1n) is 11.3. The second-order valence-corrected chi connectivity index (χ2v) is 8.55. The van der Waals surface area contributed by atoms with Crippen molar-refractivity contribution in [1.29, 1.82) is 5.26 Å². The molecule has 3 aromatic rings. The molecule has 1 aromatic heterocycles. The maximum absolute atomic E-state index is 11.0. The maximum atomic E-state index is 11.0. The van der Waals surface area contributed by atoms with Crippen LogP contribution in [0.4, 0.5) is 11.6 Å². The molecule has 2 N–H and O–H groups in total. The van der Waals surface area contributed by atoms with E-state index in [4.69, 9.17) is 14.4 Å². The number of nitriles is 1. The number of carboxylic acid groups (broad SMARTS) is 1. The summed E-state index contributed by atoms with van der Waals surface area (Å²) in [6.07, 6.45) is 1.81. The molecule has 0 saturated carbocycles. The number of nitrogens with one attached hydrogen (secondary N) is 1. The molecule has 0 amide bonds. The van der Waals surface area contributed by atoms with Crippen molar-refractivity contribution < 1.29 is 19.2 Å². The van der Waals surface area contributed by atoms with Crippen LogP contribution in [-0.2, 0) is 17.8 Å². The second-order valence-electron chi connectivity index (χ2n) is 8.55. The largest absolute Gasteiger partial charge is 0.490 e. The molecule has 0 spiro atoms. The Kier molecular flexibility index (Phi) is 6.80. The minimum absolute atomic E-state index is 0.0380.